The maximum Gasteiger partial charge on any atom is 0.150 e. The number of hydrogen-bond acceptors (Lipinski definition) is 3. The summed E-state index contributed by atoms with van der Waals surface area (Å²) in [5, 5.41) is 6.74. The van der Waals surface area contributed by atoms with E-state index < -0.39 is 11.6 Å². The SMILES string of the molecule is Cc1cc(Nc2c(F)cc(C(N)=S)cc2F)n(C)n1. The van der Waals surface area contributed by atoms with Gasteiger partial charge >= 0.3 is 0 Å². The van der Waals surface area contributed by atoms with Gasteiger partial charge in [-0.3, -0.25) is 4.68 Å². The molecule has 7 heteroatoms. The minimum absolute atomic E-state index is 0.0549. The molecule has 3 N–H and O–H groups in total. The number of nitrogens with zero attached hydrogens (tertiary/aromatic N) is 2. The fourth-order valence-electron chi connectivity index (χ4n) is 1.69. The zero-order chi connectivity index (χ0) is 14.2. The Hall–Kier alpha value is -2.02. The van der Waals surface area contributed by atoms with Crippen LogP contribution >= 0.6 is 12.2 Å². The number of rotatable bonds is 3. The fraction of sp³-hybridized carbons (Fsp3) is 0.167. The molecule has 2 rings (SSSR count). The number of nitrogens with one attached hydrogen (secondary N) is 1. The summed E-state index contributed by atoms with van der Waals surface area (Å²) >= 11 is 4.69. The van der Waals surface area contributed by atoms with E-state index in [0.29, 0.717) is 5.82 Å². The Balaban J connectivity index is 2.41. The number of aromatic nitrogens is 2. The number of anilines is 2. The molecule has 2 aromatic rings. The lowest BCUT2D eigenvalue weighted by Crippen LogP contribution is -2.11. The van der Waals surface area contributed by atoms with E-state index in [0.717, 1.165) is 17.8 Å². The van der Waals surface area contributed by atoms with Crippen LogP contribution in [0.5, 0.6) is 0 Å². The van der Waals surface area contributed by atoms with E-state index in [9.17, 15) is 8.78 Å². The Bertz CT molecular complexity index is 628. The predicted octanol–water partition coefficient (Wildman–Crippen LogP) is 2.38. The van der Waals surface area contributed by atoms with E-state index in [1.807, 2.05) is 0 Å². The van der Waals surface area contributed by atoms with Gasteiger partial charge in [0.2, 0.25) is 0 Å². The van der Waals surface area contributed by atoms with Gasteiger partial charge in [-0.1, -0.05) is 12.2 Å². The molecule has 4 nitrogen and oxygen atoms in total. The van der Waals surface area contributed by atoms with Crippen LogP contribution in [0.25, 0.3) is 0 Å². The van der Waals surface area contributed by atoms with Crippen LogP contribution in [0.1, 0.15) is 11.3 Å². The minimum atomic E-state index is -0.762. The summed E-state index contributed by atoms with van der Waals surface area (Å²) < 4.78 is 29.2. The van der Waals surface area contributed by atoms with Crippen molar-refractivity contribution >= 4 is 28.7 Å². The number of nitrogens with two attached hydrogens (primary N) is 1. The van der Waals surface area contributed by atoms with Crippen molar-refractivity contribution in [3.8, 4) is 0 Å². The lowest BCUT2D eigenvalue weighted by atomic mass is 10.2. The predicted molar refractivity (Wildman–Crippen MR) is 73.5 cm³/mol. The van der Waals surface area contributed by atoms with Crippen molar-refractivity contribution in [3.05, 3.63) is 41.1 Å². The van der Waals surface area contributed by atoms with Crippen molar-refractivity contribution in [2.24, 2.45) is 12.8 Å². The molecule has 0 radical (unpaired) electrons. The summed E-state index contributed by atoms with van der Waals surface area (Å²) in [6.45, 7) is 1.79. The highest BCUT2D eigenvalue weighted by Crippen LogP contribution is 2.25. The largest absolute Gasteiger partial charge is 0.389 e. The van der Waals surface area contributed by atoms with Gasteiger partial charge in [0, 0.05) is 18.7 Å². The molecule has 0 fully saturated rings. The molecule has 0 saturated heterocycles. The van der Waals surface area contributed by atoms with Gasteiger partial charge in [-0.25, -0.2) is 8.78 Å². The number of aryl methyl sites for hydroxylation is 2. The van der Waals surface area contributed by atoms with Crippen molar-refractivity contribution in [3.63, 3.8) is 0 Å². The van der Waals surface area contributed by atoms with Gasteiger partial charge < -0.3 is 11.1 Å². The van der Waals surface area contributed by atoms with E-state index >= 15 is 0 Å². The summed E-state index contributed by atoms with van der Waals surface area (Å²) in [5.74, 6) is -1.04. The monoisotopic (exact) mass is 282 g/mol. The van der Waals surface area contributed by atoms with Crippen LogP contribution in [0.3, 0.4) is 0 Å². The number of benzene rings is 1. The molecule has 0 bridgehead atoms. The molecule has 0 unspecified atom stereocenters. The normalized spacial score (nSPS) is 10.5. The summed E-state index contributed by atoms with van der Waals surface area (Å²) in [6, 6.07) is 3.87. The van der Waals surface area contributed by atoms with Crippen molar-refractivity contribution in [2.75, 3.05) is 5.32 Å². The second-order valence-electron chi connectivity index (χ2n) is 4.10. The topological polar surface area (TPSA) is 55.9 Å². The van der Waals surface area contributed by atoms with Crippen molar-refractivity contribution in [2.45, 2.75) is 6.92 Å². The molecule has 1 heterocycles. The van der Waals surface area contributed by atoms with Gasteiger partial charge in [0.25, 0.3) is 0 Å². The third-order valence-electron chi connectivity index (χ3n) is 2.58. The van der Waals surface area contributed by atoms with Crippen LogP contribution in [-0.4, -0.2) is 14.8 Å². The summed E-state index contributed by atoms with van der Waals surface area (Å²) in [5.41, 5.74) is 5.98. The zero-order valence-electron chi connectivity index (χ0n) is 10.4. The Morgan fingerprint density at radius 2 is 1.89 bits per heavy atom. The quantitative estimate of drug-likeness (QED) is 0.849. The van der Waals surface area contributed by atoms with Crippen LogP contribution in [0, 0.1) is 18.6 Å². The van der Waals surface area contributed by atoms with Gasteiger partial charge in [-0.05, 0) is 19.1 Å². The van der Waals surface area contributed by atoms with Gasteiger partial charge in [0.05, 0.1) is 5.69 Å². The highest BCUT2D eigenvalue weighted by molar-refractivity contribution is 7.80. The molecular formula is C12H12F2N4S. The molecular weight excluding hydrogens is 270 g/mol. The molecule has 100 valence electrons. The highest BCUT2D eigenvalue weighted by Gasteiger charge is 2.14. The molecule has 19 heavy (non-hydrogen) atoms. The van der Waals surface area contributed by atoms with Crippen molar-refractivity contribution < 1.29 is 8.78 Å². The molecule has 0 aliphatic rings. The van der Waals surface area contributed by atoms with Crippen molar-refractivity contribution in [1.29, 1.82) is 0 Å². The number of thiocarbonyl (C=S) groups is 1. The molecule has 1 aromatic carbocycles. The third-order valence-corrected chi connectivity index (χ3v) is 2.82. The average molecular weight is 282 g/mol. The van der Waals surface area contributed by atoms with Gasteiger partial charge in [-0.15, -0.1) is 0 Å². The van der Waals surface area contributed by atoms with Gasteiger partial charge in [-0.2, -0.15) is 5.10 Å². The molecule has 0 saturated carbocycles. The first kappa shape index (κ1) is 13.4. The van der Waals surface area contributed by atoms with Crippen LogP contribution < -0.4 is 11.1 Å². The Morgan fingerprint density at radius 1 is 1.32 bits per heavy atom. The molecule has 0 aliphatic heterocycles. The minimum Gasteiger partial charge on any atom is -0.389 e. The van der Waals surface area contributed by atoms with Crippen LogP contribution in [0.2, 0.25) is 0 Å². The zero-order valence-corrected chi connectivity index (χ0v) is 11.2. The Labute approximate surface area is 114 Å². The Morgan fingerprint density at radius 3 is 2.32 bits per heavy atom. The van der Waals surface area contributed by atoms with Crippen LogP contribution in [-0.2, 0) is 7.05 Å². The lowest BCUT2D eigenvalue weighted by molar-refractivity contribution is 0.589. The maximum absolute atomic E-state index is 13.8. The summed E-state index contributed by atoms with van der Waals surface area (Å²) in [7, 11) is 1.68. The average Bonchev–Trinajstić information content (AvgIpc) is 2.62. The van der Waals surface area contributed by atoms with E-state index in [4.69, 9.17) is 5.73 Å². The first-order valence-corrected chi connectivity index (χ1v) is 5.86. The van der Waals surface area contributed by atoms with Crippen LogP contribution in [0.4, 0.5) is 20.3 Å². The molecule has 0 aliphatic carbocycles. The number of halogens is 2. The fourth-order valence-corrected chi connectivity index (χ4v) is 1.81. The van der Waals surface area contributed by atoms with E-state index in [1.165, 1.54) is 4.68 Å². The Kier molecular flexibility index (Phi) is 3.48. The second kappa shape index (κ2) is 4.93. The van der Waals surface area contributed by atoms with Crippen LogP contribution in [0.15, 0.2) is 18.2 Å². The molecule has 0 spiro atoms. The highest BCUT2D eigenvalue weighted by atomic mass is 32.1. The standard InChI is InChI=1S/C12H12F2N4S/c1-6-3-10(18(2)17-6)16-11-8(13)4-7(12(15)19)5-9(11)14/h3-5,16H,1-2H3,(H2,15,19). The third kappa shape index (κ3) is 2.70. The molecule has 1 aromatic heterocycles. The second-order valence-corrected chi connectivity index (χ2v) is 4.54. The molecule has 0 amide bonds. The van der Waals surface area contributed by atoms with E-state index in [-0.39, 0.29) is 16.2 Å². The number of hydrogen-bond donors (Lipinski definition) is 2. The summed E-state index contributed by atoms with van der Waals surface area (Å²) in [6.07, 6.45) is 0. The van der Waals surface area contributed by atoms with Gasteiger partial charge in [0.1, 0.15) is 28.1 Å². The van der Waals surface area contributed by atoms with Crippen molar-refractivity contribution in [1.82, 2.24) is 9.78 Å². The smallest absolute Gasteiger partial charge is 0.150 e. The first-order valence-electron chi connectivity index (χ1n) is 5.45. The summed E-state index contributed by atoms with van der Waals surface area (Å²) in [4.78, 5) is -0.0549. The van der Waals surface area contributed by atoms with Gasteiger partial charge in [0.15, 0.2) is 0 Å². The van der Waals surface area contributed by atoms with E-state index in [2.05, 4.69) is 22.6 Å². The maximum atomic E-state index is 13.8. The lowest BCUT2D eigenvalue weighted by Gasteiger charge is -2.10. The first-order chi connectivity index (χ1) is 8.88. The molecule has 0 atom stereocenters. The van der Waals surface area contributed by atoms with E-state index in [1.54, 1.807) is 20.0 Å².